The molecule has 0 saturated heterocycles. The van der Waals surface area contributed by atoms with Gasteiger partial charge in [-0.15, -0.1) is 0 Å². The van der Waals surface area contributed by atoms with Gasteiger partial charge >= 0.3 is 0 Å². The van der Waals surface area contributed by atoms with Crippen molar-refractivity contribution in [3.63, 3.8) is 0 Å². The topological polar surface area (TPSA) is 29.1 Å². The second-order valence-corrected chi connectivity index (χ2v) is 5.30. The molecular weight excluding hydrogens is 244 g/mol. The molecule has 0 aliphatic heterocycles. The quantitative estimate of drug-likeness (QED) is 0.764. The van der Waals surface area contributed by atoms with Crippen LogP contribution in [-0.2, 0) is 10.8 Å². The second-order valence-electron chi connectivity index (χ2n) is 3.73. The van der Waals surface area contributed by atoms with Crippen molar-refractivity contribution in [1.82, 2.24) is 5.32 Å². The van der Waals surface area contributed by atoms with E-state index < -0.39 is 22.4 Å². The van der Waals surface area contributed by atoms with Crippen LogP contribution in [0.4, 0.5) is 8.78 Å². The molecule has 0 radical (unpaired) electrons. The van der Waals surface area contributed by atoms with Crippen LogP contribution in [-0.4, -0.2) is 23.1 Å². The van der Waals surface area contributed by atoms with Gasteiger partial charge in [-0.2, -0.15) is 0 Å². The fourth-order valence-corrected chi connectivity index (χ4v) is 2.46. The van der Waals surface area contributed by atoms with Crippen LogP contribution in [0.2, 0.25) is 0 Å². The van der Waals surface area contributed by atoms with E-state index in [1.165, 1.54) is 6.07 Å². The minimum atomic E-state index is -1.25. The highest BCUT2D eigenvalue weighted by Crippen LogP contribution is 2.12. The average molecular weight is 261 g/mol. The molecule has 0 spiro atoms. The van der Waals surface area contributed by atoms with E-state index in [9.17, 15) is 13.0 Å². The molecule has 1 N–H and O–H groups in total. The lowest BCUT2D eigenvalue weighted by Crippen LogP contribution is -2.17. The third-order valence-electron chi connectivity index (χ3n) is 2.26. The maximum absolute atomic E-state index is 12.9. The smallest absolute Gasteiger partial charge is 0.160 e. The molecule has 5 heteroatoms. The normalized spacial score (nSPS) is 12.6. The Morgan fingerprint density at radius 1 is 1.24 bits per heavy atom. The molecule has 96 valence electrons. The van der Waals surface area contributed by atoms with Crippen LogP contribution in [0.5, 0.6) is 0 Å². The fraction of sp³-hybridized carbons (Fsp3) is 0.500. The number of hydrogen-bond donors (Lipinski definition) is 1. The summed E-state index contributed by atoms with van der Waals surface area (Å²) in [6, 6.07) is 3.39. The first-order valence-corrected chi connectivity index (χ1v) is 7.01. The average Bonchev–Trinajstić information content (AvgIpc) is 2.32. The maximum atomic E-state index is 12.9. The van der Waals surface area contributed by atoms with Gasteiger partial charge in [0.05, 0.1) is 10.8 Å². The molecular formula is C12H17F2NOS. The maximum Gasteiger partial charge on any atom is 0.160 e. The van der Waals surface area contributed by atoms with Crippen LogP contribution < -0.4 is 5.32 Å². The van der Waals surface area contributed by atoms with Crippen LogP contribution in [0.15, 0.2) is 23.1 Å². The van der Waals surface area contributed by atoms with Crippen molar-refractivity contribution < 1.29 is 13.0 Å². The number of hydrogen-bond acceptors (Lipinski definition) is 2. The first kappa shape index (κ1) is 14.3. The van der Waals surface area contributed by atoms with Crippen LogP contribution in [0.1, 0.15) is 19.8 Å². The number of rotatable bonds is 7. The van der Waals surface area contributed by atoms with E-state index in [1.807, 2.05) is 0 Å². The third-order valence-corrected chi connectivity index (χ3v) is 3.70. The zero-order valence-electron chi connectivity index (χ0n) is 9.84. The second kappa shape index (κ2) is 7.50. The molecule has 1 unspecified atom stereocenters. The van der Waals surface area contributed by atoms with Crippen molar-refractivity contribution in [2.24, 2.45) is 0 Å². The Bertz CT molecular complexity index is 385. The molecule has 0 bridgehead atoms. The highest BCUT2D eigenvalue weighted by molar-refractivity contribution is 7.85. The molecule has 0 aliphatic rings. The summed E-state index contributed by atoms with van der Waals surface area (Å²) in [5, 5.41) is 3.19. The van der Waals surface area contributed by atoms with Gasteiger partial charge in [-0.05, 0) is 44.1 Å². The molecule has 0 fully saturated rings. The zero-order valence-corrected chi connectivity index (χ0v) is 10.7. The highest BCUT2D eigenvalue weighted by Gasteiger charge is 2.07. The summed E-state index contributed by atoms with van der Waals surface area (Å²) in [6.07, 6.45) is 1.82. The molecule has 0 amide bonds. The molecule has 1 rings (SSSR count). The lowest BCUT2D eigenvalue weighted by Gasteiger charge is -2.04. The Hall–Kier alpha value is -0.810. The van der Waals surface area contributed by atoms with Crippen molar-refractivity contribution in [3.8, 4) is 0 Å². The summed E-state index contributed by atoms with van der Waals surface area (Å²) in [4.78, 5) is 0.347. The van der Waals surface area contributed by atoms with Gasteiger partial charge in [-0.3, -0.25) is 4.21 Å². The predicted molar refractivity (Wildman–Crippen MR) is 65.4 cm³/mol. The van der Waals surface area contributed by atoms with Gasteiger partial charge in [0.1, 0.15) is 0 Å². The Labute approximate surface area is 103 Å². The van der Waals surface area contributed by atoms with Gasteiger partial charge in [-0.25, -0.2) is 8.78 Å². The summed E-state index contributed by atoms with van der Waals surface area (Å²) in [5.74, 6) is -1.39. The van der Waals surface area contributed by atoms with Crippen molar-refractivity contribution >= 4 is 10.8 Å². The van der Waals surface area contributed by atoms with Gasteiger partial charge in [0, 0.05) is 10.6 Å². The van der Waals surface area contributed by atoms with E-state index in [0.717, 1.165) is 38.1 Å². The van der Waals surface area contributed by atoms with Crippen LogP contribution in [0, 0.1) is 11.6 Å². The SMILES string of the molecule is CCCNCCCS(=O)c1ccc(F)c(F)c1. The van der Waals surface area contributed by atoms with E-state index in [-0.39, 0.29) is 0 Å². The molecule has 0 aliphatic carbocycles. The first-order chi connectivity index (χ1) is 8.15. The van der Waals surface area contributed by atoms with Gasteiger partial charge < -0.3 is 5.32 Å². The lowest BCUT2D eigenvalue weighted by atomic mass is 10.3. The minimum absolute atomic E-state index is 0.347. The Morgan fingerprint density at radius 3 is 2.65 bits per heavy atom. The summed E-state index contributed by atoms with van der Waals surface area (Å²) in [6.45, 7) is 3.81. The van der Waals surface area contributed by atoms with Crippen molar-refractivity contribution in [1.29, 1.82) is 0 Å². The van der Waals surface area contributed by atoms with Crippen LogP contribution in [0.3, 0.4) is 0 Å². The van der Waals surface area contributed by atoms with E-state index in [2.05, 4.69) is 12.2 Å². The summed E-state index contributed by atoms with van der Waals surface area (Å²) in [7, 11) is -1.25. The van der Waals surface area contributed by atoms with Gasteiger partial charge in [0.25, 0.3) is 0 Å². The van der Waals surface area contributed by atoms with E-state index >= 15 is 0 Å². The summed E-state index contributed by atoms with van der Waals surface area (Å²) >= 11 is 0. The molecule has 0 heterocycles. The Morgan fingerprint density at radius 2 is 2.00 bits per heavy atom. The Balaban J connectivity index is 2.39. The van der Waals surface area contributed by atoms with E-state index in [1.54, 1.807) is 0 Å². The van der Waals surface area contributed by atoms with E-state index in [4.69, 9.17) is 0 Å². The Kier molecular flexibility index (Phi) is 6.29. The molecule has 2 nitrogen and oxygen atoms in total. The number of nitrogens with one attached hydrogen (secondary N) is 1. The van der Waals surface area contributed by atoms with Crippen molar-refractivity contribution in [3.05, 3.63) is 29.8 Å². The van der Waals surface area contributed by atoms with Crippen LogP contribution >= 0.6 is 0 Å². The largest absolute Gasteiger partial charge is 0.317 e. The molecule has 1 atom stereocenters. The van der Waals surface area contributed by atoms with E-state index in [0.29, 0.717) is 10.6 Å². The molecule has 0 saturated carbocycles. The first-order valence-electron chi connectivity index (χ1n) is 5.69. The standard InChI is InChI=1S/C12H17F2NOS/c1-2-6-15-7-3-8-17(16)10-4-5-11(13)12(14)9-10/h4-5,9,15H,2-3,6-8H2,1H3. The molecule has 17 heavy (non-hydrogen) atoms. The minimum Gasteiger partial charge on any atom is -0.317 e. The summed E-state index contributed by atoms with van der Waals surface area (Å²) in [5.41, 5.74) is 0. The van der Waals surface area contributed by atoms with Gasteiger partial charge in [-0.1, -0.05) is 6.92 Å². The predicted octanol–water partition coefficient (Wildman–Crippen LogP) is 2.46. The summed E-state index contributed by atoms with van der Waals surface area (Å²) < 4.78 is 37.3. The monoisotopic (exact) mass is 261 g/mol. The van der Waals surface area contributed by atoms with Crippen LogP contribution in [0.25, 0.3) is 0 Å². The van der Waals surface area contributed by atoms with Gasteiger partial charge in [0.2, 0.25) is 0 Å². The highest BCUT2D eigenvalue weighted by atomic mass is 32.2. The lowest BCUT2D eigenvalue weighted by molar-refractivity contribution is 0.505. The molecule has 1 aromatic carbocycles. The number of benzene rings is 1. The fourth-order valence-electron chi connectivity index (χ4n) is 1.37. The molecule has 1 aromatic rings. The van der Waals surface area contributed by atoms with Crippen molar-refractivity contribution in [2.75, 3.05) is 18.8 Å². The third kappa shape index (κ3) is 4.91. The van der Waals surface area contributed by atoms with Crippen molar-refractivity contribution in [2.45, 2.75) is 24.7 Å². The van der Waals surface area contributed by atoms with Gasteiger partial charge in [0.15, 0.2) is 11.6 Å². The zero-order chi connectivity index (χ0) is 12.7. The molecule has 0 aromatic heterocycles. The number of halogens is 2.